The minimum absolute atomic E-state index is 0.810. The summed E-state index contributed by atoms with van der Waals surface area (Å²) < 4.78 is 0. The molecule has 2 rings (SSSR count). The molecule has 0 atom stereocenters. The fourth-order valence-corrected chi connectivity index (χ4v) is 0.757. The molecule has 0 aliphatic heterocycles. The first-order chi connectivity index (χ1) is 5.47. The van der Waals surface area contributed by atoms with Crippen molar-refractivity contribution in [1.82, 2.24) is 25.2 Å². The SMILES string of the molecule is c1cncc(-n2ncnn2)c1. The van der Waals surface area contributed by atoms with Gasteiger partial charge in [-0.05, 0) is 17.3 Å². The summed E-state index contributed by atoms with van der Waals surface area (Å²) >= 11 is 0. The van der Waals surface area contributed by atoms with E-state index in [1.807, 2.05) is 12.1 Å². The van der Waals surface area contributed by atoms with Crippen molar-refractivity contribution in [2.24, 2.45) is 0 Å². The number of pyridine rings is 1. The molecule has 0 unspecified atom stereocenters. The average Bonchev–Trinajstić information content (AvgIpc) is 2.58. The molecule has 54 valence electrons. The highest BCUT2D eigenvalue weighted by molar-refractivity contribution is 5.23. The standard InChI is InChI=1S/C6H5N5/c1-2-6(4-7-3-1)11-9-5-8-10-11/h1-5H. The minimum atomic E-state index is 0.810. The Morgan fingerprint density at radius 2 is 2.36 bits per heavy atom. The lowest BCUT2D eigenvalue weighted by atomic mass is 10.4. The Morgan fingerprint density at radius 1 is 1.36 bits per heavy atom. The van der Waals surface area contributed by atoms with Crippen molar-refractivity contribution >= 4 is 0 Å². The summed E-state index contributed by atoms with van der Waals surface area (Å²) in [4.78, 5) is 5.32. The van der Waals surface area contributed by atoms with Gasteiger partial charge in [-0.25, -0.2) is 0 Å². The molecule has 0 N–H and O–H groups in total. The Kier molecular flexibility index (Phi) is 1.33. The van der Waals surface area contributed by atoms with Gasteiger partial charge in [0.25, 0.3) is 0 Å². The highest BCUT2D eigenvalue weighted by Gasteiger charge is 1.94. The van der Waals surface area contributed by atoms with Crippen LogP contribution in [-0.2, 0) is 0 Å². The molecule has 0 aliphatic rings. The molecule has 11 heavy (non-hydrogen) atoms. The van der Waals surface area contributed by atoms with Crippen molar-refractivity contribution in [2.75, 3.05) is 0 Å². The quantitative estimate of drug-likeness (QED) is 0.572. The Labute approximate surface area is 62.7 Å². The van der Waals surface area contributed by atoms with Crippen LogP contribution in [0.2, 0.25) is 0 Å². The van der Waals surface area contributed by atoms with Crippen LogP contribution in [0.4, 0.5) is 0 Å². The molecule has 0 bridgehead atoms. The summed E-state index contributed by atoms with van der Waals surface area (Å²) in [6, 6.07) is 3.67. The molecular weight excluding hydrogens is 142 g/mol. The summed E-state index contributed by atoms with van der Waals surface area (Å²) in [5.74, 6) is 0. The van der Waals surface area contributed by atoms with Crippen LogP contribution >= 0.6 is 0 Å². The number of nitrogens with zero attached hydrogens (tertiary/aromatic N) is 5. The first-order valence-corrected chi connectivity index (χ1v) is 3.10. The normalized spacial score (nSPS) is 9.82. The van der Waals surface area contributed by atoms with Crippen molar-refractivity contribution in [3.8, 4) is 5.69 Å². The van der Waals surface area contributed by atoms with Gasteiger partial charge in [0.05, 0.1) is 6.20 Å². The zero-order chi connectivity index (χ0) is 7.52. The third-order valence-corrected chi connectivity index (χ3v) is 1.23. The number of tetrazole rings is 1. The van der Waals surface area contributed by atoms with Crippen LogP contribution in [0.15, 0.2) is 30.9 Å². The van der Waals surface area contributed by atoms with Gasteiger partial charge < -0.3 is 0 Å². The Hall–Kier alpha value is -1.78. The van der Waals surface area contributed by atoms with Gasteiger partial charge in [-0.2, -0.15) is 0 Å². The van der Waals surface area contributed by atoms with E-state index in [4.69, 9.17) is 0 Å². The second kappa shape index (κ2) is 2.45. The third-order valence-electron chi connectivity index (χ3n) is 1.23. The van der Waals surface area contributed by atoms with Gasteiger partial charge in [-0.15, -0.1) is 15.0 Å². The molecular formula is C6H5N5. The van der Waals surface area contributed by atoms with Crippen LogP contribution in [-0.4, -0.2) is 25.2 Å². The minimum Gasteiger partial charge on any atom is -0.262 e. The second-order valence-electron chi connectivity index (χ2n) is 1.94. The fraction of sp³-hybridized carbons (Fsp3) is 0. The highest BCUT2D eigenvalue weighted by atomic mass is 15.6. The van der Waals surface area contributed by atoms with E-state index < -0.39 is 0 Å². The van der Waals surface area contributed by atoms with E-state index in [1.165, 1.54) is 11.1 Å². The van der Waals surface area contributed by atoms with Gasteiger partial charge in [0.1, 0.15) is 5.69 Å². The summed E-state index contributed by atoms with van der Waals surface area (Å²) in [5, 5.41) is 11.1. The van der Waals surface area contributed by atoms with Crippen LogP contribution < -0.4 is 0 Å². The maximum Gasteiger partial charge on any atom is 0.162 e. The zero-order valence-corrected chi connectivity index (χ0v) is 5.62. The lowest BCUT2D eigenvalue weighted by Crippen LogP contribution is -1.98. The van der Waals surface area contributed by atoms with E-state index in [-0.39, 0.29) is 0 Å². The topological polar surface area (TPSA) is 56.5 Å². The number of rotatable bonds is 1. The van der Waals surface area contributed by atoms with E-state index in [9.17, 15) is 0 Å². The molecule has 0 amide bonds. The van der Waals surface area contributed by atoms with Crippen molar-refractivity contribution in [3.05, 3.63) is 30.9 Å². The summed E-state index contributed by atoms with van der Waals surface area (Å²) in [5.41, 5.74) is 0.810. The molecule has 0 saturated heterocycles. The predicted octanol–water partition coefficient (Wildman–Crippen LogP) is 0.0573. The summed E-state index contributed by atoms with van der Waals surface area (Å²) in [6.45, 7) is 0. The van der Waals surface area contributed by atoms with E-state index in [0.29, 0.717) is 0 Å². The predicted molar refractivity (Wildman–Crippen MR) is 36.9 cm³/mol. The smallest absolute Gasteiger partial charge is 0.162 e. The summed E-state index contributed by atoms with van der Waals surface area (Å²) in [6.07, 6.45) is 4.75. The van der Waals surface area contributed by atoms with Crippen molar-refractivity contribution in [1.29, 1.82) is 0 Å². The molecule has 0 spiro atoms. The van der Waals surface area contributed by atoms with E-state index in [2.05, 4.69) is 20.4 Å². The molecule has 0 fully saturated rings. The molecule has 0 aliphatic carbocycles. The van der Waals surface area contributed by atoms with Gasteiger partial charge in [-0.3, -0.25) is 4.98 Å². The maximum atomic E-state index is 3.91. The lowest BCUT2D eigenvalue weighted by molar-refractivity contribution is 0.717. The van der Waals surface area contributed by atoms with Gasteiger partial charge >= 0.3 is 0 Å². The molecule has 5 heteroatoms. The number of hydrogen-bond donors (Lipinski definition) is 0. The number of hydrogen-bond acceptors (Lipinski definition) is 4. The number of aromatic nitrogens is 5. The van der Waals surface area contributed by atoms with E-state index in [0.717, 1.165) is 5.69 Å². The largest absolute Gasteiger partial charge is 0.262 e. The fourth-order valence-electron chi connectivity index (χ4n) is 0.757. The van der Waals surface area contributed by atoms with Crippen molar-refractivity contribution in [2.45, 2.75) is 0 Å². The molecule has 0 saturated carbocycles. The second-order valence-corrected chi connectivity index (χ2v) is 1.94. The zero-order valence-electron chi connectivity index (χ0n) is 5.62. The van der Waals surface area contributed by atoms with Gasteiger partial charge in [0.2, 0.25) is 0 Å². The van der Waals surface area contributed by atoms with Crippen LogP contribution in [0.5, 0.6) is 0 Å². The van der Waals surface area contributed by atoms with Gasteiger partial charge in [-0.1, -0.05) is 0 Å². The van der Waals surface area contributed by atoms with Gasteiger partial charge in [0.15, 0.2) is 6.33 Å². The monoisotopic (exact) mass is 147 g/mol. The lowest BCUT2D eigenvalue weighted by Gasteiger charge is -1.93. The molecule has 2 aromatic heterocycles. The van der Waals surface area contributed by atoms with Crippen LogP contribution in [0.1, 0.15) is 0 Å². The first kappa shape index (κ1) is 5.96. The Morgan fingerprint density at radius 3 is 3.00 bits per heavy atom. The average molecular weight is 147 g/mol. The molecule has 2 heterocycles. The Bertz CT molecular complexity index is 314. The van der Waals surface area contributed by atoms with E-state index in [1.54, 1.807) is 12.4 Å². The van der Waals surface area contributed by atoms with Crippen molar-refractivity contribution in [3.63, 3.8) is 0 Å². The Balaban J connectivity index is 2.46. The molecule has 2 aromatic rings. The first-order valence-electron chi connectivity index (χ1n) is 3.10. The van der Waals surface area contributed by atoms with Crippen LogP contribution in [0.25, 0.3) is 5.69 Å². The van der Waals surface area contributed by atoms with Crippen molar-refractivity contribution < 1.29 is 0 Å². The highest BCUT2D eigenvalue weighted by Crippen LogP contribution is 1.97. The summed E-state index contributed by atoms with van der Waals surface area (Å²) in [7, 11) is 0. The van der Waals surface area contributed by atoms with Gasteiger partial charge in [0, 0.05) is 6.20 Å². The molecule has 0 radical (unpaired) electrons. The molecule has 5 nitrogen and oxygen atoms in total. The van der Waals surface area contributed by atoms with Crippen LogP contribution in [0.3, 0.4) is 0 Å². The van der Waals surface area contributed by atoms with E-state index >= 15 is 0 Å². The maximum absolute atomic E-state index is 3.91. The molecule has 0 aromatic carbocycles. The van der Waals surface area contributed by atoms with Crippen LogP contribution in [0, 0.1) is 0 Å². The third kappa shape index (κ3) is 1.07.